The molecule has 0 aromatic rings. The molecule has 1 heterocycles. The van der Waals surface area contributed by atoms with Gasteiger partial charge in [-0.2, -0.15) is 0 Å². The van der Waals surface area contributed by atoms with Gasteiger partial charge in [-0.05, 0) is 76.3 Å². The molecule has 1 atom stereocenters. The van der Waals surface area contributed by atoms with E-state index in [0.717, 1.165) is 24.5 Å². The average Bonchev–Trinajstić information content (AvgIpc) is 2.84. The summed E-state index contributed by atoms with van der Waals surface area (Å²) in [5, 5.41) is 4.01. The van der Waals surface area contributed by atoms with E-state index >= 15 is 0 Å². The minimum atomic E-state index is 0.523. The van der Waals surface area contributed by atoms with Gasteiger partial charge in [-0.25, -0.2) is 0 Å². The van der Waals surface area contributed by atoms with Crippen LogP contribution in [0.15, 0.2) is 0 Å². The van der Waals surface area contributed by atoms with Crippen molar-refractivity contribution in [3.05, 3.63) is 0 Å². The van der Waals surface area contributed by atoms with Crippen molar-refractivity contribution >= 4 is 0 Å². The van der Waals surface area contributed by atoms with Crippen molar-refractivity contribution in [1.82, 2.24) is 10.2 Å². The number of nitrogens with zero attached hydrogens (tertiary/aromatic N) is 1. The van der Waals surface area contributed by atoms with E-state index < -0.39 is 0 Å². The van der Waals surface area contributed by atoms with Gasteiger partial charge in [0.15, 0.2) is 0 Å². The first-order valence-electron chi connectivity index (χ1n) is 16.3. The predicted molar refractivity (Wildman–Crippen MR) is 154 cm³/mol. The molecule has 35 heavy (non-hydrogen) atoms. The summed E-state index contributed by atoms with van der Waals surface area (Å²) >= 11 is 0. The number of rotatable bonds is 22. The van der Waals surface area contributed by atoms with E-state index in [9.17, 15) is 0 Å². The molecular formula is C32H64N2O. The van der Waals surface area contributed by atoms with Crippen molar-refractivity contribution in [2.24, 2.45) is 11.8 Å². The third kappa shape index (κ3) is 13.8. The van der Waals surface area contributed by atoms with Crippen LogP contribution in [0.25, 0.3) is 0 Å². The summed E-state index contributed by atoms with van der Waals surface area (Å²) in [6.07, 6.45) is 26.5. The van der Waals surface area contributed by atoms with E-state index in [1.807, 2.05) is 0 Å². The molecule has 0 bridgehead atoms. The molecule has 0 spiro atoms. The van der Waals surface area contributed by atoms with E-state index in [2.05, 4.69) is 37.9 Å². The Morgan fingerprint density at radius 3 is 1.91 bits per heavy atom. The minimum absolute atomic E-state index is 0.523. The lowest BCUT2D eigenvalue weighted by atomic mass is 9.87. The molecule has 0 radical (unpaired) electrons. The number of ether oxygens (including phenoxy) is 1. The van der Waals surface area contributed by atoms with Crippen LogP contribution >= 0.6 is 0 Å². The number of hydrogen-bond donors (Lipinski definition) is 1. The first-order chi connectivity index (χ1) is 17.2. The van der Waals surface area contributed by atoms with Crippen LogP contribution in [0.2, 0.25) is 0 Å². The van der Waals surface area contributed by atoms with Gasteiger partial charge in [0.2, 0.25) is 0 Å². The Labute approximate surface area is 220 Å². The van der Waals surface area contributed by atoms with Crippen molar-refractivity contribution in [2.45, 2.75) is 168 Å². The van der Waals surface area contributed by atoms with Gasteiger partial charge >= 0.3 is 0 Å². The van der Waals surface area contributed by atoms with Gasteiger partial charge in [0, 0.05) is 25.2 Å². The molecule has 2 aliphatic rings. The molecule has 1 saturated carbocycles. The fraction of sp³-hybridized carbons (Fsp3) is 1.00. The average molecular weight is 493 g/mol. The topological polar surface area (TPSA) is 24.5 Å². The van der Waals surface area contributed by atoms with Crippen LogP contribution in [0.1, 0.15) is 150 Å². The Morgan fingerprint density at radius 1 is 0.714 bits per heavy atom. The fourth-order valence-electron chi connectivity index (χ4n) is 6.33. The molecule has 1 saturated heterocycles. The van der Waals surface area contributed by atoms with E-state index in [-0.39, 0.29) is 0 Å². The van der Waals surface area contributed by atoms with Crippen LogP contribution < -0.4 is 5.32 Å². The molecular weight excluding hydrogens is 428 g/mol. The standard InChI is InChI=1S/C32H64N2O/c1-5-9-12-15-17-28(16-8-4)26-34-22-20-29(21-23-34)27-35-32-24-31(25-32)33-30(18-13-10-6-2)19-14-11-7-3/h28-33H,5-27H2,1-4H3/t28?,31-,32-. The normalized spacial score (nSPS) is 22.5. The molecule has 1 N–H and O–H groups in total. The SMILES string of the molecule is CCCCCCC(CCC)CN1CCC(CO[C@H]2C[C@H](NC(CCCCC)CCCCC)C2)CC1. The Balaban J connectivity index is 1.56. The first kappa shape index (κ1) is 31.1. The number of unbranched alkanes of at least 4 members (excludes halogenated alkanes) is 7. The van der Waals surface area contributed by atoms with Crippen molar-refractivity contribution in [3.8, 4) is 0 Å². The van der Waals surface area contributed by atoms with Crippen LogP contribution in [0.4, 0.5) is 0 Å². The molecule has 2 rings (SSSR count). The first-order valence-corrected chi connectivity index (χ1v) is 16.3. The van der Waals surface area contributed by atoms with E-state index in [0.29, 0.717) is 12.1 Å². The van der Waals surface area contributed by atoms with Crippen molar-refractivity contribution < 1.29 is 4.74 Å². The molecule has 0 aromatic heterocycles. The van der Waals surface area contributed by atoms with Gasteiger partial charge in [0.1, 0.15) is 0 Å². The highest BCUT2D eigenvalue weighted by Crippen LogP contribution is 2.28. The monoisotopic (exact) mass is 493 g/mol. The van der Waals surface area contributed by atoms with Gasteiger partial charge in [-0.1, -0.05) is 98.3 Å². The van der Waals surface area contributed by atoms with Crippen molar-refractivity contribution in [1.29, 1.82) is 0 Å². The van der Waals surface area contributed by atoms with Gasteiger partial charge in [0.25, 0.3) is 0 Å². The molecule has 1 aliphatic heterocycles. The third-order valence-electron chi connectivity index (χ3n) is 8.83. The zero-order valence-corrected chi connectivity index (χ0v) is 24.5. The Kier molecular flexibility index (Phi) is 17.7. The quantitative estimate of drug-likeness (QED) is 0.153. The molecule has 3 heteroatoms. The highest BCUT2D eigenvalue weighted by Gasteiger charge is 2.32. The molecule has 0 aromatic carbocycles. The maximum absolute atomic E-state index is 6.40. The summed E-state index contributed by atoms with van der Waals surface area (Å²) in [6.45, 7) is 14.3. The zero-order chi connectivity index (χ0) is 25.1. The molecule has 0 amide bonds. The second-order valence-corrected chi connectivity index (χ2v) is 12.2. The predicted octanol–water partition coefficient (Wildman–Crippen LogP) is 8.75. The summed E-state index contributed by atoms with van der Waals surface area (Å²) in [7, 11) is 0. The zero-order valence-electron chi connectivity index (χ0n) is 24.5. The minimum Gasteiger partial charge on any atom is -0.378 e. The number of piperidine rings is 1. The van der Waals surface area contributed by atoms with E-state index in [4.69, 9.17) is 4.74 Å². The van der Waals surface area contributed by atoms with Gasteiger partial charge < -0.3 is 15.0 Å². The summed E-state index contributed by atoms with van der Waals surface area (Å²) in [4.78, 5) is 2.77. The maximum atomic E-state index is 6.40. The van der Waals surface area contributed by atoms with Crippen LogP contribution in [-0.4, -0.2) is 49.3 Å². The molecule has 1 aliphatic carbocycles. The number of nitrogens with one attached hydrogen (secondary N) is 1. The molecule has 3 nitrogen and oxygen atoms in total. The second-order valence-electron chi connectivity index (χ2n) is 12.2. The third-order valence-corrected chi connectivity index (χ3v) is 8.83. The maximum Gasteiger partial charge on any atom is 0.0605 e. The fourth-order valence-corrected chi connectivity index (χ4v) is 6.33. The lowest BCUT2D eigenvalue weighted by Crippen LogP contribution is -2.50. The summed E-state index contributed by atoms with van der Waals surface area (Å²) in [6, 6.07) is 1.45. The summed E-state index contributed by atoms with van der Waals surface area (Å²) < 4.78 is 6.40. The summed E-state index contributed by atoms with van der Waals surface area (Å²) in [5.74, 6) is 1.72. The van der Waals surface area contributed by atoms with E-state index in [1.165, 1.54) is 142 Å². The van der Waals surface area contributed by atoms with Crippen molar-refractivity contribution in [3.63, 3.8) is 0 Å². The van der Waals surface area contributed by atoms with Gasteiger partial charge in [-0.15, -0.1) is 0 Å². The lowest BCUT2D eigenvalue weighted by molar-refractivity contribution is -0.0430. The largest absolute Gasteiger partial charge is 0.378 e. The van der Waals surface area contributed by atoms with Gasteiger partial charge in [-0.3, -0.25) is 0 Å². The van der Waals surface area contributed by atoms with Crippen LogP contribution in [0.3, 0.4) is 0 Å². The molecule has 2 fully saturated rings. The van der Waals surface area contributed by atoms with Crippen LogP contribution in [0.5, 0.6) is 0 Å². The van der Waals surface area contributed by atoms with Crippen molar-refractivity contribution in [2.75, 3.05) is 26.2 Å². The second kappa shape index (κ2) is 19.9. The lowest BCUT2D eigenvalue weighted by Gasteiger charge is -2.40. The summed E-state index contributed by atoms with van der Waals surface area (Å²) in [5.41, 5.74) is 0. The Bertz CT molecular complexity index is 460. The van der Waals surface area contributed by atoms with Crippen LogP contribution in [0, 0.1) is 11.8 Å². The highest BCUT2D eigenvalue weighted by molar-refractivity contribution is 4.89. The Morgan fingerprint density at radius 2 is 1.31 bits per heavy atom. The Hall–Kier alpha value is -0.120. The van der Waals surface area contributed by atoms with Crippen LogP contribution in [-0.2, 0) is 4.74 Å². The molecule has 208 valence electrons. The highest BCUT2D eigenvalue weighted by atomic mass is 16.5. The number of likely N-dealkylation sites (tertiary alicyclic amines) is 1. The molecule has 1 unspecified atom stereocenters. The van der Waals surface area contributed by atoms with E-state index in [1.54, 1.807) is 0 Å². The smallest absolute Gasteiger partial charge is 0.0605 e. The number of hydrogen-bond acceptors (Lipinski definition) is 3. The van der Waals surface area contributed by atoms with Gasteiger partial charge in [0.05, 0.1) is 6.10 Å².